The average molecular weight is 234 g/mol. The molecule has 0 aliphatic carbocycles. The number of nitrogens with zero attached hydrogens (tertiary/aromatic N) is 1. The van der Waals surface area contributed by atoms with Gasteiger partial charge in [0, 0.05) is 42.9 Å². The summed E-state index contributed by atoms with van der Waals surface area (Å²) in [5.74, 6) is 2.61. The largest absolute Gasteiger partial charge is 0.380 e. The lowest BCUT2D eigenvalue weighted by Crippen LogP contribution is -2.40. The number of anilines is 1. The maximum atomic E-state index is 3.63. The van der Waals surface area contributed by atoms with Gasteiger partial charge in [0.25, 0.3) is 0 Å². The Balaban J connectivity index is 1.59. The SMILES string of the molecule is c1ccc2c(c1)C[C@@H](CN1CCSCC1)N2. The fourth-order valence-corrected chi connectivity index (χ4v) is 3.56. The van der Waals surface area contributed by atoms with Crippen LogP contribution < -0.4 is 5.32 Å². The molecule has 1 saturated heterocycles. The van der Waals surface area contributed by atoms with Gasteiger partial charge in [0.15, 0.2) is 0 Å². The van der Waals surface area contributed by atoms with Gasteiger partial charge < -0.3 is 5.32 Å². The zero-order chi connectivity index (χ0) is 10.8. The summed E-state index contributed by atoms with van der Waals surface area (Å²) in [4.78, 5) is 2.60. The van der Waals surface area contributed by atoms with Gasteiger partial charge in [-0.3, -0.25) is 4.90 Å². The van der Waals surface area contributed by atoms with Crippen molar-refractivity contribution in [2.75, 3.05) is 36.5 Å². The van der Waals surface area contributed by atoms with Crippen molar-refractivity contribution in [1.29, 1.82) is 0 Å². The molecule has 1 N–H and O–H groups in total. The quantitative estimate of drug-likeness (QED) is 0.843. The van der Waals surface area contributed by atoms with E-state index in [9.17, 15) is 0 Å². The molecule has 0 spiro atoms. The molecular formula is C13H18N2S. The Morgan fingerprint density at radius 3 is 2.88 bits per heavy atom. The summed E-state index contributed by atoms with van der Waals surface area (Å²) < 4.78 is 0. The Bertz CT molecular complexity index is 336. The van der Waals surface area contributed by atoms with Crippen molar-refractivity contribution in [2.24, 2.45) is 0 Å². The van der Waals surface area contributed by atoms with Crippen LogP contribution in [0, 0.1) is 0 Å². The Morgan fingerprint density at radius 1 is 1.25 bits per heavy atom. The summed E-state index contributed by atoms with van der Waals surface area (Å²) in [6, 6.07) is 9.32. The first kappa shape index (κ1) is 10.5. The van der Waals surface area contributed by atoms with Gasteiger partial charge in [0.05, 0.1) is 0 Å². The number of benzene rings is 1. The third-order valence-electron chi connectivity index (χ3n) is 3.43. The van der Waals surface area contributed by atoms with Crippen LogP contribution in [0.15, 0.2) is 24.3 Å². The van der Waals surface area contributed by atoms with E-state index in [1.54, 1.807) is 0 Å². The molecule has 1 aromatic rings. The molecule has 0 aromatic heterocycles. The maximum absolute atomic E-state index is 3.63. The Hall–Kier alpha value is -0.670. The number of fused-ring (bicyclic) bond motifs is 1. The van der Waals surface area contributed by atoms with Crippen molar-refractivity contribution in [3.05, 3.63) is 29.8 Å². The standard InChI is InChI=1S/C13H18N2S/c1-2-4-13-11(3-1)9-12(14-13)10-15-5-7-16-8-6-15/h1-4,12,14H,5-10H2/t12-/m0/s1. The van der Waals surface area contributed by atoms with Crippen molar-refractivity contribution in [2.45, 2.75) is 12.5 Å². The van der Waals surface area contributed by atoms with E-state index >= 15 is 0 Å². The highest BCUT2D eigenvalue weighted by atomic mass is 32.2. The minimum absolute atomic E-state index is 0.625. The van der Waals surface area contributed by atoms with E-state index in [0.29, 0.717) is 6.04 Å². The molecule has 0 amide bonds. The van der Waals surface area contributed by atoms with Crippen LogP contribution in [0.1, 0.15) is 5.56 Å². The highest BCUT2D eigenvalue weighted by Crippen LogP contribution is 2.25. The summed E-state index contributed by atoms with van der Waals surface area (Å²) in [6.07, 6.45) is 1.19. The van der Waals surface area contributed by atoms with Gasteiger partial charge in [-0.2, -0.15) is 11.8 Å². The lowest BCUT2D eigenvalue weighted by atomic mass is 10.1. The summed E-state index contributed by atoms with van der Waals surface area (Å²) in [5, 5.41) is 3.63. The van der Waals surface area contributed by atoms with Gasteiger partial charge in [0.1, 0.15) is 0 Å². The van der Waals surface area contributed by atoms with Crippen LogP contribution >= 0.6 is 11.8 Å². The van der Waals surface area contributed by atoms with Crippen LogP contribution in [0.2, 0.25) is 0 Å². The second-order valence-corrected chi connectivity index (χ2v) is 5.84. The number of nitrogens with one attached hydrogen (secondary N) is 1. The topological polar surface area (TPSA) is 15.3 Å². The van der Waals surface area contributed by atoms with E-state index in [1.807, 2.05) is 0 Å². The van der Waals surface area contributed by atoms with Crippen LogP contribution in [-0.4, -0.2) is 42.1 Å². The van der Waals surface area contributed by atoms with Gasteiger partial charge in [-0.25, -0.2) is 0 Å². The van der Waals surface area contributed by atoms with E-state index < -0.39 is 0 Å². The first-order valence-electron chi connectivity index (χ1n) is 6.06. The maximum Gasteiger partial charge on any atom is 0.0429 e. The van der Waals surface area contributed by atoms with Crippen molar-refractivity contribution >= 4 is 17.4 Å². The molecule has 0 radical (unpaired) electrons. The fourth-order valence-electron chi connectivity index (χ4n) is 2.58. The number of thioether (sulfide) groups is 1. The average Bonchev–Trinajstić information content (AvgIpc) is 2.72. The van der Waals surface area contributed by atoms with E-state index in [0.717, 1.165) is 0 Å². The van der Waals surface area contributed by atoms with Gasteiger partial charge in [-0.1, -0.05) is 18.2 Å². The first-order valence-corrected chi connectivity index (χ1v) is 7.22. The molecule has 1 fully saturated rings. The highest BCUT2D eigenvalue weighted by Gasteiger charge is 2.22. The molecule has 2 aliphatic rings. The van der Waals surface area contributed by atoms with Crippen molar-refractivity contribution in [1.82, 2.24) is 4.90 Å². The number of hydrogen-bond acceptors (Lipinski definition) is 3. The smallest absolute Gasteiger partial charge is 0.0429 e. The summed E-state index contributed by atoms with van der Waals surface area (Å²) >= 11 is 2.08. The first-order chi connectivity index (χ1) is 7.92. The molecule has 0 unspecified atom stereocenters. The minimum Gasteiger partial charge on any atom is -0.380 e. The van der Waals surface area contributed by atoms with Gasteiger partial charge >= 0.3 is 0 Å². The molecule has 3 heteroatoms. The Kier molecular flexibility index (Phi) is 3.06. The third kappa shape index (κ3) is 2.20. The zero-order valence-corrected chi connectivity index (χ0v) is 10.3. The molecule has 2 heterocycles. The molecule has 3 rings (SSSR count). The van der Waals surface area contributed by atoms with Crippen LogP contribution in [0.3, 0.4) is 0 Å². The summed E-state index contributed by atoms with van der Waals surface area (Å²) in [5.41, 5.74) is 2.83. The molecule has 2 aliphatic heterocycles. The van der Waals surface area contributed by atoms with Gasteiger partial charge in [-0.05, 0) is 18.1 Å². The van der Waals surface area contributed by atoms with Crippen molar-refractivity contribution < 1.29 is 0 Å². The molecular weight excluding hydrogens is 216 g/mol. The number of hydrogen-bond donors (Lipinski definition) is 1. The fraction of sp³-hybridized carbons (Fsp3) is 0.538. The Labute approximate surface area is 101 Å². The van der Waals surface area contributed by atoms with E-state index in [4.69, 9.17) is 0 Å². The molecule has 2 nitrogen and oxygen atoms in total. The minimum atomic E-state index is 0.625. The van der Waals surface area contributed by atoms with E-state index in [2.05, 4.69) is 46.2 Å². The summed E-state index contributed by atoms with van der Waals surface area (Å²) in [7, 11) is 0. The van der Waals surface area contributed by atoms with E-state index in [-0.39, 0.29) is 0 Å². The second kappa shape index (κ2) is 4.68. The van der Waals surface area contributed by atoms with Crippen molar-refractivity contribution in [3.63, 3.8) is 0 Å². The molecule has 0 bridgehead atoms. The monoisotopic (exact) mass is 234 g/mol. The highest BCUT2D eigenvalue weighted by molar-refractivity contribution is 7.99. The number of rotatable bonds is 2. The van der Waals surface area contributed by atoms with Crippen LogP contribution in [0.25, 0.3) is 0 Å². The molecule has 1 aromatic carbocycles. The molecule has 0 saturated carbocycles. The lowest BCUT2D eigenvalue weighted by Gasteiger charge is -2.28. The van der Waals surface area contributed by atoms with Crippen LogP contribution in [0.4, 0.5) is 5.69 Å². The molecule has 86 valence electrons. The predicted molar refractivity (Wildman–Crippen MR) is 71.3 cm³/mol. The van der Waals surface area contributed by atoms with Gasteiger partial charge in [-0.15, -0.1) is 0 Å². The number of para-hydroxylation sites is 1. The van der Waals surface area contributed by atoms with Crippen LogP contribution in [-0.2, 0) is 6.42 Å². The third-order valence-corrected chi connectivity index (χ3v) is 4.37. The second-order valence-electron chi connectivity index (χ2n) is 4.62. The zero-order valence-electron chi connectivity index (χ0n) is 9.48. The lowest BCUT2D eigenvalue weighted by molar-refractivity contribution is 0.290. The van der Waals surface area contributed by atoms with Crippen LogP contribution in [0.5, 0.6) is 0 Å². The van der Waals surface area contributed by atoms with Gasteiger partial charge in [0.2, 0.25) is 0 Å². The van der Waals surface area contributed by atoms with E-state index in [1.165, 1.54) is 48.8 Å². The Morgan fingerprint density at radius 2 is 2.06 bits per heavy atom. The molecule has 16 heavy (non-hydrogen) atoms. The predicted octanol–water partition coefficient (Wildman–Crippen LogP) is 2.07. The molecule has 1 atom stereocenters. The normalized spacial score (nSPS) is 25.1. The van der Waals surface area contributed by atoms with Crippen molar-refractivity contribution in [3.8, 4) is 0 Å². The summed E-state index contributed by atoms with van der Waals surface area (Å²) in [6.45, 7) is 3.73.